The first-order valence-corrected chi connectivity index (χ1v) is 12.2. The second kappa shape index (κ2) is 9.17. The van der Waals surface area contributed by atoms with E-state index in [2.05, 4.69) is 40.8 Å². The maximum absolute atomic E-state index is 12.7. The summed E-state index contributed by atoms with van der Waals surface area (Å²) in [4.78, 5) is 34.8. The number of carbonyl (C=O) groups is 2. The van der Waals surface area contributed by atoms with Gasteiger partial charge in [-0.3, -0.25) is 4.79 Å². The number of hydrogen-bond donors (Lipinski definition) is 1. The Balaban J connectivity index is 1.30. The summed E-state index contributed by atoms with van der Waals surface area (Å²) >= 11 is 3.16. The monoisotopic (exact) mass is 430 g/mol. The lowest BCUT2D eigenvalue weighted by Crippen LogP contribution is -2.47. The van der Waals surface area contributed by atoms with E-state index in [-0.39, 0.29) is 17.9 Å². The minimum atomic E-state index is -0.0640. The van der Waals surface area contributed by atoms with Crippen molar-refractivity contribution in [2.45, 2.75) is 30.6 Å². The summed E-state index contributed by atoms with van der Waals surface area (Å²) in [5.74, 6) is -0.0530. The molecular formula is C21H26N4O2S2. The van der Waals surface area contributed by atoms with E-state index in [0.717, 1.165) is 37.2 Å². The number of piperidine rings is 1. The van der Waals surface area contributed by atoms with Crippen molar-refractivity contribution in [3.8, 4) is 11.3 Å². The van der Waals surface area contributed by atoms with Gasteiger partial charge in [-0.05, 0) is 44.1 Å². The van der Waals surface area contributed by atoms with Gasteiger partial charge in [0.05, 0.1) is 5.69 Å². The van der Waals surface area contributed by atoms with Gasteiger partial charge in [-0.25, -0.2) is 9.78 Å². The van der Waals surface area contributed by atoms with Crippen LogP contribution in [0.25, 0.3) is 11.3 Å². The largest absolute Gasteiger partial charge is 0.325 e. The normalized spacial score (nSPS) is 17.6. The van der Waals surface area contributed by atoms with Crippen LogP contribution in [0.15, 0.2) is 34.5 Å². The molecule has 2 aromatic rings. The zero-order valence-corrected chi connectivity index (χ0v) is 18.2. The molecule has 29 heavy (non-hydrogen) atoms. The third-order valence-electron chi connectivity index (χ3n) is 5.63. The summed E-state index contributed by atoms with van der Waals surface area (Å²) in [5.41, 5.74) is 1.93. The van der Waals surface area contributed by atoms with Crippen LogP contribution in [-0.2, 0) is 4.79 Å². The van der Waals surface area contributed by atoms with Gasteiger partial charge < -0.3 is 15.1 Å². The predicted molar refractivity (Wildman–Crippen MR) is 118 cm³/mol. The fourth-order valence-corrected chi connectivity index (χ4v) is 5.01. The first kappa shape index (κ1) is 20.2. The Morgan fingerprint density at radius 1 is 1.07 bits per heavy atom. The topological polar surface area (TPSA) is 65.5 Å². The van der Waals surface area contributed by atoms with Crippen molar-refractivity contribution in [1.29, 1.82) is 0 Å². The Labute approximate surface area is 179 Å². The van der Waals surface area contributed by atoms with E-state index in [4.69, 9.17) is 0 Å². The van der Waals surface area contributed by atoms with Gasteiger partial charge in [-0.1, -0.05) is 12.1 Å². The summed E-state index contributed by atoms with van der Waals surface area (Å²) in [6, 6.07) is 8.40. The molecule has 0 spiro atoms. The molecule has 0 aliphatic carbocycles. The van der Waals surface area contributed by atoms with E-state index >= 15 is 0 Å². The predicted octanol–water partition coefficient (Wildman–Crippen LogP) is 4.40. The molecule has 1 aromatic carbocycles. The Morgan fingerprint density at radius 3 is 2.38 bits per heavy atom. The maximum atomic E-state index is 12.7. The van der Waals surface area contributed by atoms with Crippen LogP contribution in [0.2, 0.25) is 0 Å². The van der Waals surface area contributed by atoms with Crippen molar-refractivity contribution in [3.63, 3.8) is 0 Å². The number of thioether (sulfide) groups is 1. The van der Waals surface area contributed by atoms with Crippen molar-refractivity contribution < 1.29 is 9.59 Å². The molecule has 154 valence electrons. The van der Waals surface area contributed by atoms with Gasteiger partial charge in [0, 0.05) is 47.9 Å². The number of anilines is 1. The molecule has 0 bridgehead atoms. The number of nitrogens with one attached hydrogen (secondary N) is 1. The van der Waals surface area contributed by atoms with Gasteiger partial charge in [0.2, 0.25) is 5.91 Å². The van der Waals surface area contributed by atoms with Crippen LogP contribution in [0.3, 0.4) is 0 Å². The quantitative estimate of drug-likeness (QED) is 0.730. The second-order valence-electron chi connectivity index (χ2n) is 7.49. The number of amides is 3. The molecule has 2 aliphatic heterocycles. The van der Waals surface area contributed by atoms with Crippen LogP contribution in [0.5, 0.6) is 0 Å². The standard InChI is InChI=1S/C21H26N4O2S2/c1-28-17-6-4-15(5-7-17)18-14-29-20(22-18)23-19(26)16-8-12-25(13-9-16)21(27)24-10-2-3-11-24/h4-7,14,16H,2-3,8-13H2,1H3,(H,22,23,26). The number of carbonyl (C=O) groups excluding carboxylic acids is 2. The SMILES string of the molecule is CSc1ccc(-c2csc(NC(=O)C3CCN(C(=O)N4CCCC4)CC3)n2)cc1. The molecule has 0 radical (unpaired) electrons. The Bertz CT molecular complexity index is 854. The number of rotatable bonds is 4. The third-order valence-corrected chi connectivity index (χ3v) is 7.13. The van der Waals surface area contributed by atoms with Gasteiger partial charge in [-0.2, -0.15) is 0 Å². The number of benzene rings is 1. The molecule has 1 N–H and O–H groups in total. The molecule has 0 atom stereocenters. The number of aromatic nitrogens is 1. The summed E-state index contributed by atoms with van der Waals surface area (Å²) < 4.78 is 0. The van der Waals surface area contributed by atoms with Crippen LogP contribution in [-0.4, -0.2) is 59.2 Å². The molecule has 4 rings (SSSR count). The molecule has 0 unspecified atom stereocenters. The fraction of sp³-hybridized carbons (Fsp3) is 0.476. The van der Waals surface area contributed by atoms with Crippen LogP contribution < -0.4 is 5.32 Å². The summed E-state index contributed by atoms with van der Waals surface area (Å²) in [5, 5.41) is 5.58. The lowest BCUT2D eigenvalue weighted by molar-refractivity contribution is -0.121. The number of hydrogen-bond acceptors (Lipinski definition) is 5. The smallest absolute Gasteiger partial charge is 0.319 e. The van der Waals surface area contributed by atoms with E-state index in [0.29, 0.717) is 31.1 Å². The minimum Gasteiger partial charge on any atom is -0.325 e. The molecular weight excluding hydrogens is 404 g/mol. The average Bonchev–Trinajstić information content (AvgIpc) is 3.46. The third kappa shape index (κ3) is 4.75. The highest BCUT2D eigenvalue weighted by molar-refractivity contribution is 7.98. The van der Waals surface area contributed by atoms with Gasteiger partial charge in [0.1, 0.15) is 0 Å². The molecule has 1 aromatic heterocycles. The molecule has 3 amide bonds. The van der Waals surface area contributed by atoms with Gasteiger partial charge in [-0.15, -0.1) is 23.1 Å². The van der Waals surface area contributed by atoms with Crippen molar-refractivity contribution >= 4 is 40.2 Å². The van der Waals surface area contributed by atoms with E-state index in [1.165, 1.54) is 16.2 Å². The Hall–Kier alpha value is -2.06. The average molecular weight is 431 g/mol. The van der Waals surface area contributed by atoms with Crippen molar-refractivity contribution in [2.75, 3.05) is 37.8 Å². The second-order valence-corrected chi connectivity index (χ2v) is 9.23. The Kier molecular flexibility index (Phi) is 6.40. The van der Waals surface area contributed by atoms with Gasteiger partial charge in [0.25, 0.3) is 0 Å². The summed E-state index contributed by atoms with van der Waals surface area (Å²) in [6.45, 7) is 3.04. The molecule has 2 aliphatic rings. The Morgan fingerprint density at radius 2 is 1.72 bits per heavy atom. The van der Waals surface area contributed by atoms with E-state index in [1.807, 2.05) is 15.2 Å². The molecule has 0 saturated carbocycles. The van der Waals surface area contributed by atoms with Crippen LogP contribution in [0.4, 0.5) is 9.93 Å². The molecule has 2 saturated heterocycles. The molecule has 2 fully saturated rings. The number of urea groups is 1. The zero-order valence-electron chi connectivity index (χ0n) is 16.6. The van der Waals surface area contributed by atoms with Crippen molar-refractivity contribution in [2.24, 2.45) is 5.92 Å². The molecule has 8 heteroatoms. The number of likely N-dealkylation sites (tertiary alicyclic amines) is 2. The lowest BCUT2D eigenvalue weighted by Gasteiger charge is -2.33. The van der Waals surface area contributed by atoms with E-state index in [1.54, 1.807) is 11.8 Å². The number of nitrogens with zero attached hydrogens (tertiary/aromatic N) is 3. The van der Waals surface area contributed by atoms with Crippen LogP contribution in [0.1, 0.15) is 25.7 Å². The van der Waals surface area contributed by atoms with Crippen LogP contribution >= 0.6 is 23.1 Å². The van der Waals surface area contributed by atoms with Gasteiger partial charge in [0.15, 0.2) is 5.13 Å². The molecule has 3 heterocycles. The lowest BCUT2D eigenvalue weighted by atomic mass is 9.96. The van der Waals surface area contributed by atoms with E-state index in [9.17, 15) is 9.59 Å². The fourth-order valence-electron chi connectivity index (χ4n) is 3.87. The first-order chi connectivity index (χ1) is 14.1. The summed E-state index contributed by atoms with van der Waals surface area (Å²) in [7, 11) is 0. The summed E-state index contributed by atoms with van der Waals surface area (Å²) in [6.07, 6.45) is 5.67. The highest BCUT2D eigenvalue weighted by atomic mass is 32.2. The van der Waals surface area contributed by atoms with Crippen molar-refractivity contribution in [1.82, 2.24) is 14.8 Å². The van der Waals surface area contributed by atoms with E-state index < -0.39 is 0 Å². The number of thiazole rings is 1. The zero-order chi connectivity index (χ0) is 20.2. The first-order valence-electron chi connectivity index (χ1n) is 10.1. The van der Waals surface area contributed by atoms with Crippen LogP contribution in [0, 0.1) is 5.92 Å². The highest BCUT2D eigenvalue weighted by Crippen LogP contribution is 2.28. The maximum Gasteiger partial charge on any atom is 0.319 e. The highest BCUT2D eigenvalue weighted by Gasteiger charge is 2.30. The van der Waals surface area contributed by atoms with Crippen molar-refractivity contribution in [3.05, 3.63) is 29.6 Å². The minimum absolute atomic E-state index is 0.0110. The van der Waals surface area contributed by atoms with Gasteiger partial charge >= 0.3 is 6.03 Å². The molecule has 6 nitrogen and oxygen atoms in total.